The molecule has 0 unspecified atom stereocenters. The molecule has 0 saturated carbocycles. The topological polar surface area (TPSA) is 88.3 Å². The molecule has 1 rings (SSSR count). The first-order valence-electron chi connectivity index (χ1n) is 6.78. The van der Waals surface area contributed by atoms with Gasteiger partial charge in [-0.05, 0) is 33.3 Å². The highest BCUT2D eigenvalue weighted by atomic mass is 19.4. The first kappa shape index (κ1) is 18.7. The van der Waals surface area contributed by atoms with Gasteiger partial charge in [-0.1, -0.05) is 0 Å². The number of halogens is 3. The average molecular weight is 334 g/mol. The summed E-state index contributed by atoms with van der Waals surface area (Å²) >= 11 is 0. The van der Waals surface area contributed by atoms with E-state index in [0.717, 1.165) is 6.92 Å². The fraction of sp³-hybridized carbons (Fsp3) is 0.500. The number of nitrogens with one attached hydrogen (secondary N) is 2. The van der Waals surface area contributed by atoms with Crippen LogP contribution in [0.5, 0.6) is 0 Å². The molecule has 0 aliphatic rings. The van der Waals surface area contributed by atoms with E-state index in [-0.39, 0.29) is 23.4 Å². The fourth-order valence-corrected chi connectivity index (χ4v) is 1.94. The van der Waals surface area contributed by atoms with E-state index >= 15 is 0 Å². The zero-order valence-corrected chi connectivity index (χ0v) is 13.1. The molecule has 23 heavy (non-hydrogen) atoms. The number of hydrogen-bond acceptors (Lipinski definition) is 4. The Morgan fingerprint density at radius 1 is 1.26 bits per heavy atom. The van der Waals surface area contributed by atoms with Crippen LogP contribution in [0.3, 0.4) is 0 Å². The monoisotopic (exact) mass is 334 g/mol. The number of ketones is 1. The number of alkyl halides is 3. The van der Waals surface area contributed by atoms with Gasteiger partial charge in [0.05, 0.1) is 17.9 Å². The molecular formula is C14H17F3N2O4. The van der Waals surface area contributed by atoms with Crippen molar-refractivity contribution < 1.29 is 32.3 Å². The number of aromatic nitrogens is 1. The SMILES string of the molecule is CCOC(=O)c1c(C)[nH]c(C(=O)C(=O)N[C@@H](C)C(F)(F)F)c1C. The number of aromatic amines is 1. The Kier molecular flexibility index (Phi) is 5.57. The molecular weight excluding hydrogens is 317 g/mol. The van der Waals surface area contributed by atoms with Gasteiger partial charge >= 0.3 is 12.1 Å². The van der Waals surface area contributed by atoms with Crippen LogP contribution in [0.15, 0.2) is 0 Å². The van der Waals surface area contributed by atoms with Gasteiger partial charge < -0.3 is 15.0 Å². The molecule has 0 spiro atoms. The van der Waals surface area contributed by atoms with Crippen LogP contribution in [-0.2, 0) is 9.53 Å². The van der Waals surface area contributed by atoms with Crippen molar-refractivity contribution in [2.24, 2.45) is 0 Å². The molecule has 128 valence electrons. The molecule has 2 N–H and O–H groups in total. The minimum Gasteiger partial charge on any atom is -0.462 e. The molecule has 9 heteroatoms. The molecule has 0 aromatic carbocycles. The third kappa shape index (κ3) is 4.11. The van der Waals surface area contributed by atoms with Gasteiger partial charge in [0.1, 0.15) is 6.04 Å². The summed E-state index contributed by atoms with van der Waals surface area (Å²) in [5.41, 5.74) is 0.297. The number of esters is 1. The zero-order valence-electron chi connectivity index (χ0n) is 13.1. The molecule has 1 heterocycles. The summed E-state index contributed by atoms with van der Waals surface area (Å²) in [5, 5.41) is 1.58. The number of amides is 1. The van der Waals surface area contributed by atoms with Crippen LogP contribution in [0.25, 0.3) is 0 Å². The van der Waals surface area contributed by atoms with E-state index in [9.17, 15) is 27.6 Å². The van der Waals surface area contributed by atoms with Gasteiger partial charge in [0.2, 0.25) is 0 Å². The Morgan fingerprint density at radius 2 is 1.83 bits per heavy atom. The Morgan fingerprint density at radius 3 is 2.30 bits per heavy atom. The summed E-state index contributed by atoms with van der Waals surface area (Å²) in [4.78, 5) is 38.0. The standard InChI is InChI=1S/C14H17F3N2O4/c1-5-23-13(22)9-6(2)10(18-7(9)3)11(20)12(21)19-8(4)14(15,16)17/h8,18H,5H2,1-4H3,(H,19,21)/t8-/m0/s1. The van der Waals surface area contributed by atoms with E-state index in [1.54, 1.807) is 12.2 Å². The van der Waals surface area contributed by atoms with E-state index in [0.29, 0.717) is 5.69 Å². The van der Waals surface area contributed by atoms with Crippen molar-refractivity contribution >= 4 is 17.7 Å². The Hall–Kier alpha value is -2.32. The number of Topliss-reactive ketones (excluding diaryl/α,β-unsaturated/α-hetero) is 1. The van der Waals surface area contributed by atoms with Gasteiger partial charge in [0, 0.05) is 5.69 Å². The van der Waals surface area contributed by atoms with Gasteiger partial charge in [-0.2, -0.15) is 13.2 Å². The maximum absolute atomic E-state index is 12.4. The lowest BCUT2D eigenvalue weighted by Crippen LogP contribution is -2.46. The number of H-pyrrole nitrogens is 1. The van der Waals surface area contributed by atoms with Crippen molar-refractivity contribution in [2.45, 2.75) is 39.9 Å². The predicted molar refractivity (Wildman–Crippen MR) is 74.2 cm³/mol. The highest BCUT2D eigenvalue weighted by molar-refractivity contribution is 6.42. The van der Waals surface area contributed by atoms with Gasteiger partial charge in [0.15, 0.2) is 0 Å². The van der Waals surface area contributed by atoms with Crippen LogP contribution >= 0.6 is 0 Å². The van der Waals surface area contributed by atoms with Crippen LogP contribution in [-0.4, -0.2) is 41.5 Å². The number of carbonyl (C=O) groups excluding carboxylic acids is 3. The van der Waals surface area contributed by atoms with Crippen LogP contribution in [0.2, 0.25) is 0 Å². The lowest BCUT2D eigenvalue weighted by Gasteiger charge is -2.16. The van der Waals surface area contributed by atoms with Crippen LogP contribution in [0.4, 0.5) is 13.2 Å². The molecule has 0 saturated heterocycles. The van der Waals surface area contributed by atoms with Crippen molar-refractivity contribution in [1.29, 1.82) is 0 Å². The average Bonchev–Trinajstić information content (AvgIpc) is 2.72. The molecule has 0 aliphatic carbocycles. The zero-order chi connectivity index (χ0) is 17.9. The summed E-state index contributed by atoms with van der Waals surface area (Å²) < 4.78 is 42.1. The third-order valence-corrected chi connectivity index (χ3v) is 3.19. The smallest absolute Gasteiger partial charge is 0.408 e. The summed E-state index contributed by atoms with van der Waals surface area (Å²) in [6.45, 7) is 5.35. The number of ether oxygens (including phenoxy) is 1. The maximum atomic E-state index is 12.4. The van der Waals surface area contributed by atoms with Crippen molar-refractivity contribution in [3.05, 3.63) is 22.5 Å². The molecule has 0 radical (unpaired) electrons. The van der Waals surface area contributed by atoms with Crippen LogP contribution < -0.4 is 5.32 Å². The molecule has 0 aliphatic heterocycles. The Bertz CT molecular complexity index is 635. The minimum atomic E-state index is -4.66. The molecule has 6 nitrogen and oxygen atoms in total. The first-order chi connectivity index (χ1) is 10.5. The van der Waals surface area contributed by atoms with Crippen molar-refractivity contribution in [2.75, 3.05) is 6.61 Å². The van der Waals surface area contributed by atoms with Gasteiger partial charge in [-0.3, -0.25) is 9.59 Å². The van der Waals surface area contributed by atoms with Crippen LogP contribution in [0.1, 0.15) is 46.0 Å². The molecule has 0 fully saturated rings. The van der Waals surface area contributed by atoms with Crippen molar-refractivity contribution in [3.63, 3.8) is 0 Å². The second kappa shape index (κ2) is 6.84. The Balaban J connectivity index is 3.04. The predicted octanol–water partition coefficient (Wildman–Crippen LogP) is 2.06. The lowest BCUT2D eigenvalue weighted by atomic mass is 10.1. The number of carbonyl (C=O) groups is 3. The van der Waals surface area contributed by atoms with Crippen molar-refractivity contribution in [1.82, 2.24) is 10.3 Å². The van der Waals surface area contributed by atoms with Gasteiger partial charge in [0.25, 0.3) is 11.7 Å². The van der Waals surface area contributed by atoms with Gasteiger partial charge in [-0.25, -0.2) is 4.79 Å². The highest BCUT2D eigenvalue weighted by Gasteiger charge is 2.38. The summed E-state index contributed by atoms with van der Waals surface area (Å²) in [5.74, 6) is -3.27. The largest absolute Gasteiger partial charge is 0.462 e. The fourth-order valence-electron chi connectivity index (χ4n) is 1.94. The number of rotatable bonds is 5. The van der Waals surface area contributed by atoms with E-state index in [4.69, 9.17) is 4.74 Å². The van der Waals surface area contributed by atoms with E-state index in [1.807, 2.05) is 0 Å². The lowest BCUT2D eigenvalue weighted by molar-refractivity contribution is -0.156. The normalized spacial score (nSPS) is 12.7. The molecule has 1 aromatic rings. The number of aryl methyl sites for hydroxylation is 1. The van der Waals surface area contributed by atoms with E-state index in [1.165, 1.54) is 13.8 Å². The molecule has 1 aromatic heterocycles. The second-order valence-corrected chi connectivity index (χ2v) is 4.91. The summed E-state index contributed by atoms with van der Waals surface area (Å²) in [7, 11) is 0. The maximum Gasteiger partial charge on any atom is 0.408 e. The highest BCUT2D eigenvalue weighted by Crippen LogP contribution is 2.21. The molecule has 1 atom stereocenters. The summed E-state index contributed by atoms with van der Waals surface area (Å²) in [6.07, 6.45) is -4.66. The summed E-state index contributed by atoms with van der Waals surface area (Å²) in [6, 6.07) is -2.17. The van der Waals surface area contributed by atoms with Gasteiger partial charge in [-0.15, -0.1) is 0 Å². The quantitative estimate of drug-likeness (QED) is 0.490. The second-order valence-electron chi connectivity index (χ2n) is 4.91. The minimum absolute atomic E-state index is 0.0897. The van der Waals surface area contributed by atoms with Crippen LogP contribution in [0, 0.1) is 13.8 Å². The third-order valence-electron chi connectivity index (χ3n) is 3.19. The van der Waals surface area contributed by atoms with E-state index < -0.39 is 29.9 Å². The number of hydrogen-bond donors (Lipinski definition) is 2. The molecule has 1 amide bonds. The van der Waals surface area contributed by atoms with Crippen molar-refractivity contribution in [3.8, 4) is 0 Å². The molecule has 0 bridgehead atoms. The Labute approximate surface area is 130 Å². The first-order valence-corrected chi connectivity index (χ1v) is 6.78. The van der Waals surface area contributed by atoms with E-state index in [2.05, 4.69) is 4.98 Å².